The number of para-hydroxylation sites is 1. The Morgan fingerprint density at radius 2 is 1.64 bits per heavy atom. The largest absolute Gasteiger partial charge is 0.375 e. The lowest BCUT2D eigenvalue weighted by Crippen LogP contribution is -2.41. The van der Waals surface area contributed by atoms with E-state index < -0.39 is 11.5 Å². The molecule has 1 amide bonds. The lowest BCUT2D eigenvalue weighted by molar-refractivity contribution is -0.136. The Labute approximate surface area is 203 Å². The highest BCUT2D eigenvalue weighted by Gasteiger charge is 2.50. The number of benzene rings is 3. The fourth-order valence-corrected chi connectivity index (χ4v) is 4.47. The van der Waals surface area contributed by atoms with E-state index in [9.17, 15) is 14.7 Å². The molecule has 1 heterocycles. The second kappa shape index (κ2) is 8.60. The summed E-state index contributed by atoms with van der Waals surface area (Å²) in [5, 5.41) is 12.3. The van der Waals surface area contributed by atoms with Crippen LogP contribution in [-0.2, 0) is 22.4 Å². The summed E-state index contributed by atoms with van der Waals surface area (Å²) in [6, 6.07) is 19.5. The van der Waals surface area contributed by atoms with Crippen molar-refractivity contribution >= 4 is 40.6 Å². The van der Waals surface area contributed by atoms with Crippen molar-refractivity contribution in [3.63, 3.8) is 0 Å². The summed E-state index contributed by atoms with van der Waals surface area (Å²) < 4.78 is 0. The predicted molar refractivity (Wildman–Crippen MR) is 132 cm³/mol. The number of hydrogen-bond acceptors (Lipinski definition) is 3. The van der Waals surface area contributed by atoms with E-state index >= 15 is 0 Å². The average Bonchev–Trinajstić information content (AvgIpc) is 2.98. The van der Waals surface area contributed by atoms with Crippen molar-refractivity contribution in [3.8, 4) is 0 Å². The minimum atomic E-state index is -1.94. The highest BCUT2D eigenvalue weighted by atomic mass is 35.5. The van der Waals surface area contributed by atoms with E-state index in [1.54, 1.807) is 54.6 Å². The molecule has 1 N–H and O–H groups in total. The van der Waals surface area contributed by atoms with Gasteiger partial charge in [-0.15, -0.1) is 0 Å². The lowest BCUT2D eigenvalue weighted by atomic mass is 9.85. The number of anilines is 1. The quantitative estimate of drug-likeness (QED) is 0.435. The number of Topliss-reactive ketones (excluding diaryl/α,β-unsaturated/α-hetero) is 1. The molecule has 0 saturated heterocycles. The van der Waals surface area contributed by atoms with Gasteiger partial charge in [0.1, 0.15) is 0 Å². The van der Waals surface area contributed by atoms with E-state index in [4.69, 9.17) is 23.2 Å². The van der Waals surface area contributed by atoms with Gasteiger partial charge in [-0.25, -0.2) is 0 Å². The van der Waals surface area contributed by atoms with Crippen molar-refractivity contribution in [2.24, 2.45) is 0 Å². The normalized spacial score (nSPS) is 17.9. The number of halogens is 2. The monoisotopic (exact) mass is 481 g/mol. The maximum atomic E-state index is 13.5. The van der Waals surface area contributed by atoms with Crippen molar-refractivity contribution in [3.05, 3.63) is 99.0 Å². The Hall–Kier alpha value is -2.66. The summed E-state index contributed by atoms with van der Waals surface area (Å²) in [7, 11) is 0. The van der Waals surface area contributed by atoms with Crippen LogP contribution in [0.2, 0.25) is 10.0 Å². The third-order valence-electron chi connectivity index (χ3n) is 6.05. The highest BCUT2D eigenvalue weighted by Crippen LogP contribution is 2.43. The number of amides is 1. The number of aliphatic hydroxyl groups is 1. The van der Waals surface area contributed by atoms with Crippen molar-refractivity contribution < 1.29 is 14.7 Å². The Kier molecular flexibility index (Phi) is 6.12. The summed E-state index contributed by atoms with van der Waals surface area (Å²) in [4.78, 5) is 28.1. The Morgan fingerprint density at radius 3 is 2.27 bits per heavy atom. The maximum absolute atomic E-state index is 13.5. The first kappa shape index (κ1) is 23.5. The van der Waals surface area contributed by atoms with Crippen LogP contribution < -0.4 is 4.90 Å². The van der Waals surface area contributed by atoms with Gasteiger partial charge in [-0.1, -0.05) is 92.5 Å². The number of fused-ring (bicyclic) bond motifs is 1. The fraction of sp³-hybridized carbons (Fsp3) is 0.259. The predicted octanol–water partition coefficient (Wildman–Crippen LogP) is 6.30. The molecule has 1 atom stereocenters. The van der Waals surface area contributed by atoms with Gasteiger partial charge in [-0.05, 0) is 34.7 Å². The molecule has 4 nitrogen and oxygen atoms in total. The molecule has 0 aromatic heterocycles. The van der Waals surface area contributed by atoms with Crippen LogP contribution in [0, 0.1) is 0 Å². The third-order valence-corrected chi connectivity index (χ3v) is 6.79. The van der Waals surface area contributed by atoms with Crippen LogP contribution >= 0.6 is 23.2 Å². The molecule has 0 fully saturated rings. The lowest BCUT2D eigenvalue weighted by Gasteiger charge is -2.23. The van der Waals surface area contributed by atoms with Gasteiger partial charge in [0, 0.05) is 11.1 Å². The summed E-state index contributed by atoms with van der Waals surface area (Å²) in [6.45, 7) is 6.50. The molecule has 0 unspecified atom stereocenters. The van der Waals surface area contributed by atoms with Crippen LogP contribution in [0.4, 0.5) is 5.69 Å². The minimum absolute atomic E-state index is 0.0365. The molecular weight excluding hydrogens is 457 g/mol. The molecule has 0 saturated carbocycles. The van der Waals surface area contributed by atoms with Crippen molar-refractivity contribution in [1.82, 2.24) is 0 Å². The fourth-order valence-electron chi connectivity index (χ4n) is 4.15. The summed E-state index contributed by atoms with van der Waals surface area (Å²) in [6.07, 6.45) is -0.338. The molecule has 0 spiro atoms. The van der Waals surface area contributed by atoms with Gasteiger partial charge in [-0.2, -0.15) is 0 Å². The first-order valence-corrected chi connectivity index (χ1v) is 11.5. The van der Waals surface area contributed by atoms with E-state index in [0.29, 0.717) is 26.9 Å². The van der Waals surface area contributed by atoms with Crippen molar-refractivity contribution in [1.29, 1.82) is 0 Å². The van der Waals surface area contributed by atoms with Crippen LogP contribution in [0.15, 0.2) is 66.7 Å². The number of ketones is 1. The van der Waals surface area contributed by atoms with Gasteiger partial charge in [0.25, 0.3) is 5.91 Å². The molecule has 0 aliphatic carbocycles. The number of carbonyl (C=O) groups excluding carboxylic acids is 2. The van der Waals surface area contributed by atoms with Gasteiger partial charge in [-0.3, -0.25) is 9.59 Å². The van der Waals surface area contributed by atoms with Crippen LogP contribution in [0.3, 0.4) is 0 Å². The smallest absolute Gasteiger partial charge is 0.264 e. The minimum Gasteiger partial charge on any atom is -0.375 e. The second-order valence-electron chi connectivity index (χ2n) is 9.44. The molecule has 0 bridgehead atoms. The molecular formula is C27H25Cl2NO3. The zero-order valence-electron chi connectivity index (χ0n) is 18.7. The number of rotatable bonds is 5. The second-order valence-corrected chi connectivity index (χ2v) is 10.3. The van der Waals surface area contributed by atoms with Gasteiger partial charge >= 0.3 is 0 Å². The first-order valence-electron chi connectivity index (χ1n) is 10.7. The van der Waals surface area contributed by atoms with Crippen molar-refractivity contribution in [2.75, 3.05) is 4.90 Å². The number of hydrogen-bond donors (Lipinski definition) is 1. The van der Waals surface area contributed by atoms with Gasteiger partial charge in [0.05, 0.1) is 28.7 Å². The molecule has 3 aromatic rings. The zero-order chi connectivity index (χ0) is 24.0. The molecule has 1 aliphatic rings. The molecule has 1 aliphatic heterocycles. The van der Waals surface area contributed by atoms with Crippen LogP contribution in [0.25, 0.3) is 0 Å². The van der Waals surface area contributed by atoms with Gasteiger partial charge in [0.15, 0.2) is 11.4 Å². The standard InChI is InChI=1S/C27H25Cl2NO3/c1-26(2,3)19-11-9-18(10-12-19)24(31)15-27(33)20-6-4-5-7-23(20)30(25(27)32)16-17-8-13-21(28)22(29)14-17/h4-14,33H,15-16H2,1-3H3/t27-/m1/s1. The SMILES string of the molecule is CC(C)(C)c1ccc(C(=O)C[C@]2(O)C(=O)N(Cc3ccc(Cl)c(Cl)c3)c3ccccc32)cc1. The van der Waals surface area contributed by atoms with E-state index in [1.807, 2.05) is 12.1 Å². The third kappa shape index (κ3) is 4.43. The molecule has 6 heteroatoms. The molecule has 0 radical (unpaired) electrons. The van der Waals surface area contributed by atoms with Crippen LogP contribution in [-0.4, -0.2) is 16.8 Å². The highest BCUT2D eigenvalue weighted by molar-refractivity contribution is 6.42. The van der Waals surface area contributed by atoms with E-state index in [-0.39, 0.29) is 24.2 Å². The van der Waals surface area contributed by atoms with Gasteiger partial charge < -0.3 is 10.0 Å². The first-order chi connectivity index (χ1) is 15.5. The Morgan fingerprint density at radius 1 is 0.970 bits per heavy atom. The molecule has 170 valence electrons. The Balaban J connectivity index is 1.63. The average molecular weight is 482 g/mol. The van der Waals surface area contributed by atoms with Gasteiger partial charge in [0.2, 0.25) is 0 Å². The maximum Gasteiger partial charge on any atom is 0.264 e. The summed E-state index contributed by atoms with van der Waals surface area (Å²) in [5.41, 5.74) is 1.36. The molecule has 3 aromatic carbocycles. The Bertz CT molecular complexity index is 1230. The van der Waals surface area contributed by atoms with E-state index in [2.05, 4.69) is 20.8 Å². The van der Waals surface area contributed by atoms with Crippen molar-refractivity contribution in [2.45, 2.75) is 44.8 Å². The number of carbonyl (C=O) groups is 2. The summed E-state index contributed by atoms with van der Waals surface area (Å²) >= 11 is 12.2. The summed E-state index contributed by atoms with van der Waals surface area (Å²) in [5.74, 6) is -0.827. The number of nitrogens with zero attached hydrogens (tertiary/aromatic N) is 1. The van der Waals surface area contributed by atoms with E-state index in [0.717, 1.165) is 11.1 Å². The molecule has 4 rings (SSSR count). The molecule has 33 heavy (non-hydrogen) atoms. The van der Waals surface area contributed by atoms with Crippen LogP contribution in [0.1, 0.15) is 54.2 Å². The van der Waals surface area contributed by atoms with E-state index in [1.165, 1.54) is 4.90 Å². The van der Waals surface area contributed by atoms with Crippen LogP contribution in [0.5, 0.6) is 0 Å². The zero-order valence-corrected chi connectivity index (χ0v) is 20.2. The topological polar surface area (TPSA) is 57.6 Å².